The predicted octanol–water partition coefficient (Wildman–Crippen LogP) is 3.30. The van der Waals surface area contributed by atoms with Gasteiger partial charge in [-0.25, -0.2) is 14.4 Å². The highest BCUT2D eigenvalue weighted by molar-refractivity contribution is 6.22. The Bertz CT molecular complexity index is 849. The Morgan fingerprint density at radius 3 is 2.33 bits per heavy atom. The summed E-state index contributed by atoms with van der Waals surface area (Å²) in [6.07, 6.45) is 1.77. The summed E-state index contributed by atoms with van der Waals surface area (Å²) < 4.78 is 10.4. The number of carboxylic acid groups (broad SMARTS) is 1. The highest BCUT2D eigenvalue weighted by atomic mass is 16.6. The fourth-order valence-electron chi connectivity index (χ4n) is 3.09. The van der Waals surface area contributed by atoms with Gasteiger partial charge in [0.1, 0.15) is 11.2 Å². The number of rotatable bonds is 6. The molecule has 8 heteroatoms. The Morgan fingerprint density at radius 2 is 1.80 bits per heavy atom. The Morgan fingerprint density at radius 1 is 1.17 bits per heavy atom. The molecular formula is C22H27NO7. The molecule has 0 aromatic heterocycles. The van der Waals surface area contributed by atoms with Crippen LogP contribution in [0.15, 0.2) is 29.8 Å². The van der Waals surface area contributed by atoms with Crippen LogP contribution in [-0.4, -0.2) is 58.6 Å². The number of carbonyl (C=O) groups excluding carboxylic acids is 3. The molecule has 1 aromatic rings. The molecule has 1 fully saturated rings. The zero-order valence-corrected chi connectivity index (χ0v) is 17.6. The number of ketones is 1. The Hall–Kier alpha value is -3.16. The average molecular weight is 417 g/mol. The molecule has 1 aliphatic rings. The molecule has 1 N–H and O–H groups in total. The van der Waals surface area contributed by atoms with Gasteiger partial charge in [0.2, 0.25) is 0 Å². The fraction of sp³-hybridized carbons (Fsp3) is 0.455. The van der Waals surface area contributed by atoms with Crippen molar-refractivity contribution in [3.63, 3.8) is 0 Å². The second-order valence-corrected chi connectivity index (χ2v) is 7.90. The maximum atomic E-state index is 13.2. The summed E-state index contributed by atoms with van der Waals surface area (Å²) in [4.78, 5) is 50.6. The van der Waals surface area contributed by atoms with Crippen molar-refractivity contribution in [1.82, 2.24) is 4.90 Å². The van der Waals surface area contributed by atoms with Gasteiger partial charge in [0, 0.05) is 6.54 Å². The number of likely N-dealkylation sites (tertiary alicyclic amines) is 1. The van der Waals surface area contributed by atoms with Gasteiger partial charge in [-0.1, -0.05) is 12.1 Å². The number of nitrogens with zero attached hydrogens (tertiary/aromatic N) is 1. The first kappa shape index (κ1) is 23.1. The van der Waals surface area contributed by atoms with Crippen molar-refractivity contribution >= 4 is 29.9 Å². The number of esters is 1. The van der Waals surface area contributed by atoms with Gasteiger partial charge in [-0.2, -0.15) is 0 Å². The molecule has 162 valence electrons. The molecular weight excluding hydrogens is 390 g/mol. The monoisotopic (exact) mass is 417 g/mol. The van der Waals surface area contributed by atoms with Gasteiger partial charge >= 0.3 is 18.0 Å². The highest BCUT2D eigenvalue weighted by Crippen LogP contribution is 2.25. The third kappa shape index (κ3) is 5.92. The third-order valence-electron chi connectivity index (χ3n) is 4.41. The molecule has 1 aromatic carbocycles. The number of amides is 1. The van der Waals surface area contributed by atoms with Crippen molar-refractivity contribution in [2.24, 2.45) is 0 Å². The van der Waals surface area contributed by atoms with Crippen LogP contribution in [0.3, 0.4) is 0 Å². The lowest BCUT2D eigenvalue weighted by atomic mass is 9.99. The summed E-state index contributed by atoms with van der Waals surface area (Å²) in [6.45, 7) is 7.29. The van der Waals surface area contributed by atoms with Crippen LogP contribution in [0.4, 0.5) is 4.79 Å². The van der Waals surface area contributed by atoms with Crippen LogP contribution in [0.5, 0.6) is 0 Å². The number of hydrogen-bond acceptors (Lipinski definition) is 6. The number of hydrogen-bond donors (Lipinski definition) is 1. The van der Waals surface area contributed by atoms with E-state index in [4.69, 9.17) is 14.6 Å². The number of carbonyl (C=O) groups is 4. The summed E-state index contributed by atoms with van der Waals surface area (Å²) in [5, 5.41) is 9.02. The molecule has 0 radical (unpaired) electrons. The molecule has 8 nitrogen and oxygen atoms in total. The third-order valence-corrected chi connectivity index (χ3v) is 4.41. The molecule has 30 heavy (non-hydrogen) atoms. The van der Waals surface area contributed by atoms with E-state index in [1.807, 2.05) is 0 Å². The van der Waals surface area contributed by atoms with Crippen LogP contribution < -0.4 is 0 Å². The Kier molecular flexibility index (Phi) is 7.37. The lowest BCUT2D eigenvalue weighted by molar-refractivity contribution is -0.140. The minimum atomic E-state index is -1.08. The van der Waals surface area contributed by atoms with Crippen LogP contribution in [0, 0.1) is 0 Å². The number of benzene rings is 1. The quantitative estimate of drug-likeness (QED) is 0.327. The van der Waals surface area contributed by atoms with E-state index in [2.05, 4.69) is 0 Å². The number of carboxylic acids is 1. The number of ether oxygens (including phenoxy) is 2. The summed E-state index contributed by atoms with van der Waals surface area (Å²) in [5.41, 5.74) is -0.347. The second-order valence-electron chi connectivity index (χ2n) is 7.90. The normalized spacial score (nSPS) is 16.9. The van der Waals surface area contributed by atoms with Crippen LogP contribution >= 0.6 is 0 Å². The van der Waals surface area contributed by atoms with Crippen molar-refractivity contribution in [2.75, 3.05) is 13.2 Å². The highest BCUT2D eigenvalue weighted by Gasteiger charge is 2.39. The predicted molar refractivity (Wildman–Crippen MR) is 109 cm³/mol. The van der Waals surface area contributed by atoms with E-state index in [1.165, 1.54) is 35.2 Å². The maximum Gasteiger partial charge on any atom is 0.410 e. The molecule has 1 aliphatic heterocycles. The average Bonchev–Trinajstić information content (AvgIpc) is 3.15. The maximum absolute atomic E-state index is 13.2. The van der Waals surface area contributed by atoms with Crippen molar-refractivity contribution in [3.8, 4) is 0 Å². The summed E-state index contributed by atoms with van der Waals surface area (Å²) in [7, 11) is 0. The molecule has 1 amide bonds. The van der Waals surface area contributed by atoms with Crippen molar-refractivity contribution < 1.29 is 33.8 Å². The minimum absolute atomic E-state index is 0.0852. The van der Waals surface area contributed by atoms with Gasteiger partial charge in [-0.15, -0.1) is 0 Å². The van der Waals surface area contributed by atoms with Crippen LogP contribution in [0.25, 0.3) is 6.08 Å². The van der Waals surface area contributed by atoms with Crippen LogP contribution in [-0.2, 0) is 19.1 Å². The van der Waals surface area contributed by atoms with E-state index in [9.17, 15) is 19.2 Å². The first-order valence-electron chi connectivity index (χ1n) is 9.79. The molecule has 0 unspecified atom stereocenters. The number of Topliss-reactive ketones (excluding diaryl/α,β-unsaturated/α-hetero) is 1. The smallest absolute Gasteiger partial charge is 0.410 e. The van der Waals surface area contributed by atoms with Gasteiger partial charge < -0.3 is 14.6 Å². The van der Waals surface area contributed by atoms with Crippen molar-refractivity contribution in [1.29, 1.82) is 0 Å². The summed E-state index contributed by atoms with van der Waals surface area (Å²) in [5.74, 6) is -2.40. The first-order valence-corrected chi connectivity index (χ1v) is 9.79. The molecule has 0 saturated carbocycles. The van der Waals surface area contributed by atoms with E-state index in [0.717, 1.165) is 0 Å². The standard InChI is InChI=1S/C22H27NO7/c1-5-29-20(27)16(13-14-8-10-15(11-9-14)19(25)26)18(24)17-7-6-12-23(17)21(28)30-22(2,3)4/h8-11,13,17H,5-7,12H2,1-4H3,(H,25,26)/b16-13-/t17-/m0/s1. The Labute approximate surface area is 175 Å². The van der Waals surface area contributed by atoms with E-state index in [1.54, 1.807) is 27.7 Å². The molecule has 2 rings (SSSR count). The lowest BCUT2D eigenvalue weighted by Crippen LogP contribution is -2.44. The van der Waals surface area contributed by atoms with E-state index < -0.39 is 35.5 Å². The fourth-order valence-corrected chi connectivity index (χ4v) is 3.09. The largest absolute Gasteiger partial charge is 0.478 e. The molecule has 1 saturated heterocycles. The van der Waals surface area contributed by atoms with E-state index in [0.29, 0.717) is 24.9 Å². The van der Waals surface area contributed by atoms with Gasteiger partial charge in [0.05, 0.1) is 18.2 Å². The zero-order valence-electron chi connectivity index (χ0n) is 17.6. The lowest BCUT2D eigenvalue weighted by Gasteiger charge is -2.28. The minimum Gasteiger partial charge on any atom is -0.478 e. The zero-order chi connectivity index (χ0) is 22.5. The second kappa shape index (κ2) is 9.56. The van der Waals surface area contributed by atoms with Gasteiger partial charge in [0.15, 0.2) is 5.78 Å². The molecule has 1 atom stereocenters. The van der Waals surface area contributed by atoms with Gasteiger partial charge in [-0.3, -0.25) is 9.69 Å². The van der Waals surface area contributed by atoms with Crippen molar-refractivity contribution in [2.45, 2.75) is 52.2 Å². The molecule has 0 aliphatic carbocycles. The summed E-state index contributed by atoms with van der Waals surface area (Å²) >= 11 is 0. The van der Waals surface area contributed by atoms with E-state index in [-0.39, 0.29) is 17.7 Å². The van der Waals surface area contributed by atoms with Crippen LogP contribution in [0.2, 0.25) is 0 Å². The van der Waals surface area contributed by atoms with Gasteiger partial charge in [-0.05, 0) is 64.3 Å². The van der Waals surface area contributed by atoms with Gasteiger partial charge in [0.25, 0.3) is 0 Å². The number of aromatic carboxylic acids is 1. The molecule has 0 spiro atoms. The SMILES string of the molecule is CCOC(=O)/C(=C\c1ccc(C(=O)O)cc1)C(=O)[C@@H]1CCCN1C(=O)OC(C)(C)C. The Balaban J connectivity index is 2.33. The van der Waals surface area contributed by atoms with Crippen LogP contribution in [0.1, 0.15) is 56.5 Å². The molecule has 1 heterocycles. The molecule has 0 bridgehead atoms. The van der Waals surface area contributed by atoms with Crippen molar-refractivity contribution in [3.05, 3.63) is 41.0 Å². The summed E-state index contributed by atoms with van der Waals surface area (Å²) in [6, 6.07) is 4.93. The first-order chi connectivity index (χ1) is 14.0. The van der Waals surface area contributed by atoms with E-state index >= 15 is 0 Å². The topological polar surface area (TPSA) is 110 Å².